The minimum absolute atomic E-state index is 0.154. The molecule has 0 aliphatic carbocycles. The summed E-state index contributed by atoms with van der Waals surface area (Å²) in [6.07, 6.45) is 0.663. The van der Waals surface area contributed by atoms with Crippen LogP contribution in [0.5, 0.6) is 0 Å². The molecule has 1 amide bonds. The molecule has 0 aliphatic rings. The number of carboxylic acids is 1. The van der Waals surface area contributed by atoms with Crippen molar-refractivity contribution in [1.82, 2.24) is 15.5 Å². The van der Waals surface area contributed by atoms with Crippen LogP contribution in [0.1, 0.15) is 56.2 Å². The molecule has 3 N–H and O–H groups in total. The van der Waals surface area contributed by atoms with Gasteiger partial charge in [0.1, 0.15) is 6.04 Å². The summed E-state index contributed by atoms with van der Waals surface area (Å²) in [6.45, 7) is 7.62. The van der Waals surface area contributed by atoms with Crippen molar-refractivity contribution in [1.29, 1.82) is 0 Å². The van der Waals surface area contributed by atoms with Gasteiger partial charge in [-0.05, 0) is 27.8 Å². The maximum atomic E-state index is 12.1. The number of aromatic amines is 1. The number of carboxylic acid groups (broad SMARTS) is 1. The number of H-pyrrole nitrogens is 1. The van der Waals surface area contributed by atoms with E-state index in [1.54, 1.807) is 6.92 Å². The molecule has 0 saturated carbocycles. The minimum atomic E-state index is -1.04. The molecule has 0 unspecified atom stereocenters. The van der Waals surface area contributed by atoms with Crippen LogP contribution in [-0.2, 0) is 4.79 Å². The van der Waals surface area contributed by atoms with Crippen LogP contribution in [-0.4, -0.2) is 33.2 Å². The van der Waals surface area contributed by atoms with Crippen molar-refractivity contribution < 1.29 is 14.7 Å². The van der Waals surface area contributed by atoms with Gasteiger partial charge < -0.3 is 10.4 Å². The molecule has 7 heteroatoms. The van der Waals surface area contributed by atoms with Gasteiger partial charge in [-0.2, -0.15) is 5.10 Å². The molecular formula is C13H20BrN3O3. The van der Waals surface area contributed by atoms with E-state index in [4.69, 9.17) is 0 Å². The number of halogens is 1. The fourth-order valence-electron chi connectivity index (χ4n) is 1.77. The molecule has 0 saturated heterocycles. The predicted octanol–water partition coefficient (Wildman–Crippen LogP) is 2.52. The Morgan fingerprint density at radius 2 is 2.00 bits per heavy atom. The van der Waals surface area contributed by atoms with Gasteiger partial charge in [0.15, 0.2) is 5.69 Å². The van der Waals surface area contributed by atoms with Crippen LogP contribution in [0.25, 0.3) is 0 Å². The summed E-state index contributed by atoms with van der Waals surface area (Å²) in [5, 5.41) is 18.5. The zero-order chi connectivity index (χ0) is 15.4. The number of carbonyl (C=O) groups excluding carboxylic acids is 1. The third-order valence-corrected chi connectivity index (χ3v) is 4.09. The van der Waals surface area contributed by atoms with Crippen LogP contribution < -0.4 is 5.32 Å². The van der Waals surface area contributed by atoms with Gasteiger partial charge in [-0.1, -0.05) is 34.1 Å². The largest absolute Gasteiger partial charge is 0.480 e. The molecule has 0 aliphatic heterocycles. The highest BCUT2D eigenvalue weighted by Gasteiger charge is 2.28. The molecule has 6 nitrogen and oxygen atoms in total. The highest BCUT2D eigenvalue weighted by molar-refractivity contribution is 9.10. The van der Waals surface area contributed by atoms with Crippen molar-refractivity contribution >= 4 is 27.8 Å². The SMILES string of the molecule is CC[C@H](C)[C@H](NC(=O)c1n[nH]c(C(C)C)c1Br)C(=O)O. The standard InChI is InChI=1S/C13H20BrN3O3/c1-5-7(4)10(13(19)20)15-12(18)11-8(14)9(6(2)3)16-17-11/h6-7,10H,5H2,1-4H3,(H,15,18)(H,16,17)(H,19,20)/t7-,10-/m0/s1. The fraction of sp³-hybridized carbons (Fsp3) is 0.615. The smallest absolute Gasteiger partial charge is 0.326 e. The lowest BCUT2D eigenvalue weighted by atomic mass is 9.99. The summed E-state index contributed by atoms with van der Waals surface area (Å²) < 4.78 is 0.582. The first-order valence-electron chi connectivity index (χ1n) is 6.56. The van der Waals surface area contributed by atoms with E-state index in [9.17, 15) is 14.7 Å². The lowest BCUT2D eigenvalue weighted by molar-refractivity contribution is -0.140. The summed E-state index contributed by atoms with van der Waals surface area (Å²) in [4.78, 5) is 23.4. The Bertz CT molecular complexity index is 499. The molecule has 1 aromatic rings. The molecule has 0 radical (unpaired) electrons. The Kier molecular flexibility index (Phi) is 5.74. The number of rotatable bonds is 6. The summed E-state index contributed by atoms with van der Waals surface area (Å²) in [5.41, 5.74) is 0.994. The number of nitrogens with one attached hydrogen (secondary N) is 2. The second kappa shape index (κ2) is 6.88. The molecule has 112 valence electrons. The van der Waals surface area contributed by atoms with E-state index in [2.05, 4.69) is 31.4 Å². The Morgan fingerprint density at radius 3 is 2.40 bits per heavy atom. The molecule has 0 fully saturated rings. The van der Waals surface area contributed by atoms with Crippen LogP contribution in [0, 0.1) is 5.92 Å². The van der Waals surface area contributed by atoms with Gasteiger partial charge in [0.2, 0.25) is 0 Å². The van der Waals surface area contributed by atoms with Gasteiger partial charge in [0.25, 0.3) is 5.91 Å². The average Bonchev–Trinajstić information content (AvgIpc) is 2.76. The summed E-state index contributed by atoms with van der Waals surface area (Å²) >= 11 is 3.33. The van der Waals surface area contributed by atoms with Crippen LogP contribution >= 0.6 is 15.9 Å². The van der Waals surface area contributed by atoms with Crippen molar-refractivity contribution in [3.05, 3.63) is 15.9 Å². The highest BCUT2D eigenvalue weighted by Crippen LogP contribution is 2.25. The quantitative estimate of drug-likeness (QED) is 0.738. The number of aromatic nitrogens is 2. The maximum absolute atomic E-state index is 12.1. The third-order valence-electron chi connectivity index (χ3n) is 3.29. The first-order chi connectivity index (χ1) is 9.29. The van der Waals surface area contributed by atoms with Crippen molar-refractivity contribution in [2.24, 2.45) is 5.92 Å². The van der Waals surface area contributed by atoms with Gasteiger partial charge >= 0.3 is 5.97 Å². The second-order valence-electron chi connectivity index (χ2n) is 5.13. The molecular weight excluding hydrogens is 326 g/mol. The number of amides is 1. The average molecular weight is 346 g/mol. The molecule has 20 heavy (non-hydrogen) atoms. The van der Waals surface area contributed by atoms with Crippen molar-refractivity contribution in [2.45, 2.75) is 46.1 Å². The topological polar surface area (TPSA) is 95.1 Å². The van der Waals surface area contributed by atoms with E-state index in [-0.39, 0.29) is 17.5 Å². The normalized spacial score (nSPS) is 14.1. The van der Waals surface area contributed by atoms with Gasteiger partial charge in [-0.3, -0.25) is 9.89 Å². The van der Waals surface area contributed by atoms with Gasteiger partial charge in [0.05, 0.1) is 10.2 Å². The summed E-state index contributed by atoms with van der Waals surface area (Å²) in [5.74, 6) is -1.50. The number of nitrogens with zero attached hydrogens (tertiary/aromatic N) is 1. The van der Waals surface area contributed by atoms with Gasteiger partial charge in [0, 0.05) is 0 Å². The zero-order valence-corrected chi connectivity index (χ0v) is 13.6. The van der Waals surface area contributed by atoms with Crippen molar-refractivity contribution in [3.63, 3.8) is 0 Å². The number of hydrogen-bond donors (Lipinski definition) is 3. The van der Waals surface area contributed by atoms with E-state index in [0.29, 0.717) is 10.9 Å². The van der Waals surface area contributed by atoms with Crippen molar-refractivity contribution in [3.8, 4) is 0 Å². The maximum Gasteiger partial charge on any atom is 0.326 e. The molecule has 0 bridgehead atoms. The molecule has 2 atom stereocenters. The molecule has 1 rings (SSSR count). The Balaban J connectivity index is 2.93. The van der Waals surface area contributed by atoms with Crippen molar-refractivity contribution in [2.75, 3.05) is 0 Å². The van der Waals surface area contributed by atoms with Crippen LogP contribution in [0.4, 0.5) is 0 Å². The van der Waals surface area contributed by atoms with E-state index >= 15 is 0 Å². The molecule has 1 heterocycles. The third kappa shape index (κ3) is 3.59. The Labute approximate surface area is 126 Å². The van der Waals surface area contributed by atoms with Crippen LogP contribution in [0.3, 0.4) is 0 Å². The monoisotopic (exact) mass is 345 g/mol. The van der Waals surface area contributed by atoms with Crippen LogP contribution in [0.2, 0.25) is 0 Å². The summed E-state index contributed by atoms with van der Waals surface area (Å²) in [7, 11) is 0. The van der Waals surface area contributed by atoms with Gasteiger partial charge in [-0.25, -0.2) is 4.79 Å². The minimum Gasteiger partial charge on any atom is -0.480 e. The van der Waals surface area contributed by atoms with E-state index < -0.39 is 17.9 Å². The van der Waals surface area contributed by atoms with E-state index in [1.807, 2.05) is 20.8 Å². The first-order valence-corrected chi connectivity index (χ1v) is 7.36. The molecule has 0 spiro atoms. The van der Waals surface area contributed by atoms with Crippen LogP contribution in [0.15, 0.2) is 4.47 Å². The lowest BCUT2D eigenvalue weighted by Gasteiger charge is -2.19. The second-order valence-corrected chi connectivity index (χ2v) is 5.92. The number of aliphatic carboxylic acids is 1. The van der Waals surface area contributed by atoms with E-state index in [0.717, 1.165) is 5.69 Å². The summed E-state index contributed by atoms with van der Waals surface area (Å²) in [6, 6.07) is -0.918. The van der Waals surface area contributed by atoms with E-state index in [1.165, 1.54) is 0 Å². The first kappa shape index (κ1) is 16.7. The Morgan fingerprint density at radius 1 is 1.40 bits per heavy atom. The zero-order valence-electron chi connectivity index (χ0n) is 12.0. The molecule has 0 aromatic carbocycles. The van der Waals surface area contributed by atoms with Gasteiger partial charge in [-0.15, -0.1) is 0 Å². The fourth-order valence-corrected chi connectivity index (χ4v) is 2.58. The number of hydrogen-bond acceptors (Lipinski definition) is 3. The predicted molar refractivity (Wildman–Crippen MR) is 78.7 cm³/mol. The Hall–Kier alpha value is -1.37. The lowest BCUT2D eigenvalue weighted by Crippen LogP contribution is -2.45. The number of carbonyl (C=O) groups is 2. The highest BCUT2D eigenvalue weighted by atomic mass is 79.9. The molecule has 1 aromatic heterocycles.